The maximum absolute atomic E-state index is 12.6. The summed E-state index contributed by atoms with van der Waals surface area (Å²) in [5, 5.41) is 2.73. The van der Waals surface area contributed by atoms with E-state index >= 15 is 0 Å². The van der Waals surface area contributed by atoms with Crippen molar-refractivity contribution >= 4 is 21.8 Å². The maximum atomic E-state index is 12.6. The van der Waals surface area contributed by atoms with Crippen LogP contribution >= 0.6 is 0 Å². The summed E-state index contributed by atoms with van der Waals surface area (Å²) in [4.78, 5) is 25.9. The number of carbonyl (C=O) groups is 2. The molecule has 0 bridgehead atoms. The number of rotatable bonds is 7. The van der Waals surface area contributed by atoms with Crippen LogP contribution in [0.15, 0.2) is 29.2 Å². The number of amides is 2. The molecule has 0 saturated carbocycles. The minimum atomic E-state index is -3.62. The molecule has 0 aromatic heterocycles. The predicted molar refractivity (Wildman–Crippen MR) is 92.2 cm³/mol. The van der Waals surface area contributed by atoms with Crippen molar-refractivity contribution in [2.45, 2.75) is 31.7 Å². The fourth-order valence-corrected chi connectivity index (χ4v) is 3.00. The summed E-state index contributed by atoms with van der Waals surface area (Å²) >= 11 is 0. The first-order valence-corrected chi connectivity index (χ1v) is 9.14. The van der Waals surface area contributed by atoms with Crippen molar-refractivity contribution in [2.75, 3.05) is 27.2 Å². The van der Waals surface area contributed by atoms with Crippen LogP contribution < -0.4 is 5.32 Å². The van der Waals surface area contributed by atoms with E-state index in [-0.39, 0.29) is 34.9 Å². The first-order chi connectivity index (χ1) is 11.1. The molecule has 0 aliphatic heterocycles. The van der Waals surface area contributed by atoms with Crippen molar-refractivity contribution in [1.29, 1.82) is 0 Å². The van der Waals surface area contributed by atoms with E-state index < -0.39 is 10.0 Å². The molecule has 0 aliphatic rings. The van der Waals surface area contributed by atoms with E-state index in [2.05, 4.69) is 5.32 Å². The molecule has 1 aromatic carbocycles. The third-order valence-electron chi connectivity index (χ3n) is 3.31. The van der Waals surface area contributed by atoms with Gasteiger partial charge in [-0.1, -0.05) is 6.07 Å². The van der Waals surface area contributed by atoms with Gasteiger partial charge in [-0.05, 0) is 39.0 Å². The van der Waals surface area contributed by atoms with Crippen LogP contribution in [0.2, 0.25) is 0 Å². The fourth-order valence-electron chi connectivity index (χ4n) is 2.05. The standard InChI is InChI=1S/C16H25N3O4S/c1-6-19(11-15(20)17-12(2)3)16(21)13-8-7-9-14(10-13)24(22,23)18(4)5/h7-10,12H,6,11H2,1-5H3,(H,17,20). The van der Waals surface area contributed by atoms with Crippen molar-refractivity contribution in [3.8, 4) is 0 Å². The molecule has 0 unspecified atom stereocenters. The Balaban J connectivity index is 3.03. The highest BCUT2D eigenvalue weighted by Gasteiger charge is 2.22. The Hall–Kier alpha value is -1.93. The van der Waals surface area contributed by atoms with Crippen molar-refractivity contribution in [3.05, 3.63) is 29.8 Å². The number of sulfonamides is 1. The molecule has 2 amide bonds. The average molecular weight is 355 g/mol. The Morgan fingerprint density at radius 2 is 1.83 bits per heavy atom. The second-order valence-corrected chi connectivity index (χ2v) is 8.01. The number of nitrogens with zero attached hydrogens (tertiary/aromatic N) is 2. The third kappa shape index (κ3) is 5.04. The molecule has 0 aliphatic carbocycles. The third-order valence-corrected chi connectivity index (χ3v) is 5.12. The van der Waals surface area contributed by atoms with Crippen LogP contribution in [-0.2, 0) is 14.8 Å². The number of nitrogens with one attached hydrogen (secondary N) is 1. The number of hydrogen-bond acceptors (Lipinski definition) is 4. The van der Waals surface area contributed by atoms with Gasteiger partial charge in [-0.25, -0.2) is 12.7 Å². The van der Waals surface area contributed by atoms with Gasteiger partial charge in [0.2, 0.25) is 15.9 Å². The van der Waals surface area contributed by atoms with E-state index in [0.29, 0.717) is 6.54 Å². The summed E-state index contributed by atoms with van der Waals surface area (Å²) in [7, 11) is -0.763. The van der Waals surface area contributed by atoms with E-state index in [9.17, 15) is 18.0 Å². The molecule has 0 atom stereocenters. The van der Waals surface area contributed by atoms with Crippen LogP contribution in [0.4, 0.5) is 0 Å². The minimum absolute atomic E-state index is 0.0140. The molecule has 1 rings (SSSR count). The van der Waals surface area contributed by atoms with Gasteiger partial charge in [-0.3, -0.25) is 9.59 Å². The van der Waals surface area contributed by atoms with Crippen LogP contribution in [0.25, 0.3) is 0 Å². The lowest BCUT2D eigenvalue weighted by Gasteiger charge is -2.21. The molecule has 0 heterocycles. The highest BCUT2D eigenvalue weighted by molar-refractivity contribution is 7.89. The number of carbonyl (C=O) groups excluding carboxylic acids is 2. The van der Waals surface area contributed by atoms with E-state index in [1.165, 1.54) is 37.2 Å². The van der Waals surface area contributed by atoms with E-state index in [0.717, 1.165) is 4.31 Å². The van der Waals surface area contributed by atoms with Gasteiger partial charge >= 0.3 is 0 Å². The van der Waals surface area contributed by atoms with Gasteiger partial charge in [0.1, 0.15) is 0 Å². The summed E-state index contributed by atoms with van der Waals surface area (Å²) in [6.45, 7) is 5.71. The molecule has 0 spiro atoms. The SMILES string of the molecule is CCN(CC(=O)NC(C)C)C(=O)c1cccc(S(=O)(=O)N(C)C)c1. The Kier molecular flexibility index (Phi) is 6.92. The summed E-state index contributed by atoms with van der Waals surface area (Å²) in [6, 6.07) is 5.82. The van der Waals surface area contributed by atoms with Crippen molar-refractivity contribution in [3.63, 3.8) is 0 Å². The van der Waals surface area contributed by atoms with Gasteiger partial charge in [0.05, 0.1) is 11.4 Å². The van der Waals surface area contributed by atoms with Gasteiger partial charge in [0.25, 0.3) is 5.91 Å². The second kappa shape index (κ2) is 8.25. The van der Waals surface area contributed by atoms with Crippen LogP contribution in [0.5, 0.6) is 0 Å². The van der Waals surface area contributed by atoms with E-state index in [1.54, 1.807) is 13.0 Å². The fraction of sp³-hybridized carbons (Fsp3) is 0.500. The summed E-state index contributed by atoms with van der Waals surface area (Å²) in [5.41, 5.74) is 0.233. The van der Waals surface area contributed by atoms with Crippen molar-refractivity contribution in [2.24, 2.45) is 0 Å². The lowest BCUT2D eigenvalue weighted by atomic mass is 10.2. The molecule has 1 N–H and O–H groups in total. The Morgan fingerprint density at radius 1 is 1.21 bits per heavy atom. The van der Waals surface area contributed by atoms with Crippen LogP contribution in [0.1, 0.15) is 31.1 Å². The molecule has 0 fully saturated rings. The zero-order chi connectivity index (χ0) is 18.5. The van der Waals surface area contributed by atoms with Gasteiger partial charge < -0.3 is 10.2 Å². The Labute approximate surface area is 143 Å². The van der Waals surface area contributed by atoms with Gasteiger partial charge in [0.15, 0.2) is 0 Å². The molecule has 134 valence electrons. The minimum Gasteiger partial charge on any atom is -0.352 e. The van der Waals surface area contributed by atoms with Crippen molar-refractivity contribution in [1.82, 2.24) is 14.5 Å². The number of hydrogen-bond donors (Lipinski definition) is 1. The Morgan fingerprint density at radius 3 is 2.33 bits per heavy atom. The molecule has 0 saturated heterocycles. The zero-order valence-corrected chi connectivity index (χ0v) is 15.6. The van der Waals surface area contributed by atoms with Crippen molar-refractivity contribution < 1.29 is 18.0 Å². The predicted octanol–water partition coefficient (Wildman–Crippen LogP) is 0.924. The first-order valence-electron chi connectivity index (χ1n) is 7.70. The molecule has 8 heteroatoms. The number of likely N-dealkylation sites (N-methyl/N-ethyl adjacent to an activating group) is 1. The lowest BCUT2D eigenvalue weighted by molar-refractivity contribution is -0.122. The molecule has 7 nitrogen and oxygen atoms in total. The summed E-state index contributed by atoms with van der Waals surface area (Å²) in [5.74, 6) is -0.635. The smallest absolute Gasteiger partial charge is 0.254 e. The van der Waals surface area contributed by atoms with Gasteiger partial charge in [-0.2, -0.15) is 0 Å². The van der Waals surface area contributed by atoms with Crippen LogP contribution in [-0.4, -0.2) is 62.7 Å². The van der Waals surface area contributed by atoms with Crippen LogP contribution in [0.3, 0.4) is 0 Å². The second-order valence-electron chi connectivity index (χ2n) is 5.86. The highest BCUT2D eigenvalue weighted by atomic mass is 32.2. The summed E-state index contributed by atoms with van der Waals surface area (Å²) < 4.78 is 25.5. The van der Waals surface area contributed by atoms with Gasteiger partial charge in [0, 0.05) is 32.2 Å². The van der Waals surface area contributed by atoms with E-state index in [4.69, 9.17) is 0 Å². The van der Waals surface area contributed by atoms with E-state index in [1.807, 2.05) is 13.8 Å². The first kappa shape index (κ1) is 20.1. The zero-order valence-electron chi connectivity index (χ0n) is 14.7. The quantitative estimate of drug-likeness (QED) is 0.788. The number of benzene rings is 1. The van der Waals surface area contributed by atoms with Gasteiger partial charge in [-0.15, -0.1) is 0 Å². The van der Waals surface area contributed by atoms with Crippen LogP contribution in [0, 0.1) is 0 Å². The highest BCUT2D eigenvalue weighted by Crippen LogP contribution is 2.16. The summed E-state index contributed by atoms with van der Waals surface area (Å²) in [6.07, 6.45) is 0. The molecule has 0 radical (unpaired) electrons. The lowest BCUT2D eigenvalue weighted by Crippen LogP contribution is -2.42. The molecule has 24 heavy (non-hydrogen) atoms. The average Bonchev–Trinajstić information content (AvgIpc) is 2.51. The Bertz CT molecular complexity index is 699. The molecular weight excluding hydrogens is 330 g/mol. The largest absolute Gasteiger partial charge is 0.352 e. The monoisotopic (exact) mass is 355 g/mol. The maximum Gasteiger partial charge on any atom is 0.254 e. The molecule has 1 aromatic rings. The molecular formula is C16H25N3O4S. The normalized spacial score (nSPS) is 11.6. The topological polar surface area (TPSA) is 86.8 Å².